The van der Waals surface area contributed by atoms with Gasteiger partial charge in [-0.25, -0.2) is 0 Å². The molecule has 0 bridgehead atoms. The van der Waals surface area contributed by atoms with Gasteiger partial charge in [0.15, 0.2) is 0 Å². The van der Waals surface area contributed by atoms with E-state index in [1.807, 2.05) is 6.07 Å². The fraction of sp³-hybridized carbons (Fsp3) is 0.538. The van der Waals surface area contributed by atoms with Gasteiger partial charge in [-0.2, -0.15) is 8.78 Å². The normalized spacial score (nSPS) is 13.1. The summed E-state index contributed by atoms with van der Waals surface area (Å²) in [7, 11) is 0. The SMILES string of the molecule is CCC(CC)C(NN)c1cccc(OC(F)F)c1. The molecule has 5 heteroatoms. The highest BCUT2D eigenvalue weighted by Gasteiger charge is 2.19. The molecule has 0 aliphatic carbocycles. The van der Waals surface area contributed by atoms with Crippen molar-refractivity contribution in [1.29, 1.82) is 0 Å². The first-order valence-corrected chi connectivity index (χ1v) is 6.13. The van der Waals surface area contributed by atoms with Gasteiger partial charge in [-0.1, -0.05) is 38.8 Å². The number of hydrazine groups is 1. The molecule has 0 heterocycles. The van der Waals surface area contributed by atoms with Crippen molar-refractivity contribution in [2.45, 2.75) is 39.3 Å². The molecule has 0 aliphatic heterocycles. The molecule has 1 atom stereocenters. The minimum absolute atomic E-state index is 0.0544. The van der Waals surface area contributed by atoms with Crippen LogP contribution >= 0.6 is 0 Å². The van der Waals surface area contributed by atoms with E-state index in [-0.39, 0.29) is 11.8 Å². The molecular formula is C13H20F2N2O. The van der Waals surface area contributed by atoms with E-state index < -0.39 is 6.61 Å². The molecule has 0 aliphatic rings. The molecule has 102 valence electrons. The Bertz CT molecular complexity index is 357. The maximum atomic E-state index is 12.2. The van der Waals surface area contributed by atoms with Crippen LogP contribution in [0.1, 0.15) is 38.3 Å². The van der Waals surface area contributed by atoms with Crippen molar-refractivity contribution in [1.82, 2.24) is 5.43 Å². The Kier molecular flexibility index (Phi) is 6.01. The van der Waals surface area contributed by atoms with E-state index in [0.29, 0.717) is 5.92 Å². The summed E-state index contributed by atoms with van der Waals surface area (Å²) in [4.78, 5) is 0. The van der Waals surface area contributed by atoms with E-state index in [2.05, 4.69) is 24.0 Å². The molecule has 1 aromatic rings. The molecule has 0 spiro atoms. The standard InChI is InChI=1S/C13H20F2N2O/c1-3-9(4-2)12(17-16)10-6-5-7-11(8-10)18-13(14)15/h5-9,12-13,17H,3-4,16H2,1-2H3. The second kappa shape index (κ2) is 7.28. The summed E-state index contributed by atoms with van der Waals surface area (Å²) in [5.41, 5.74) is 3.62. The van der Waals surface area contributed by atoms with Gasteiger partial charge in [-0.3, -0.25) is 11.3 Å². The topological polar surface area (TPSA) is 47.3 Å². The van der Waals surface area contributed by atoms with Crippen molar-refractivity contribution in [3.05, 3.63) is 29.8 Å². The van der Waals surface area contributed by atoms with Crippen LogP contribution < -0.4 is 16.0 Å². The Morgan fingerprint density at radius 2 is 1.94 bits per heavy atom. The Labute approximate surface area is 106 Å². The number of nitrogens with one attached hydrogen (secondary N) is 1. The molecule has 1 aromatic carbocycles. The smallest absolute Gasteiger partial charge is 0.387 e. The van der Waals surface area contributed by atoms with E-state index in [4.69, 9.17) is 5.84 Å². The molecule has 1 rings (SSSR count). The van der Waals surface area contributed by atoms with Gasteiger partial charge >= 0.3 is 6.61 Å². The lowest BCUT2D eigenvalue weighted by molar-refractivity contribution is -0.0499. The molecule has 0 saturated carbocycles. The lowest BCUT2D eigenvalue weighted by Crippen LogP contribution is -2.33. The third-order valence-electron chi connectivity index (χ3n) is 3.14. The summed E-state index contributed by atoms with van der Waals surface area (Å²) < 4.78 is 28.7. The van der Waals surface area contributed by atoms with Gasteiger partial charge in [-0.05, 0) is 23.6 Å². The summed E-state index contributed by atoms with van der Waals surface area (Å²) >= 11 is 0. The van der Waals surface area contributed by atoms with E-state index in [9.17, 15) is 8.78 Å². The van der Waals surface area contributed by atoms with E-state index in [1.165, 1.54) is 6.07 Å². The van der Waals surface area contributed by atoms with Gasteiger partial charge in [-0.15, -0.1) is 0 Å². The number of nitrogens with two attached hydrogens (primary N) is 1. The van der Waals surface area contributed by atoms with Gasteiger partial charge in [0.25, 0.3) is 0 Å². The highest BCUT2D eigenvalue weighted by Crippen LogP contribution is 2.29. The molecule has 0 saturated heterocycles. The molecule has 0 amide bonds. The van der Waals surface area contributed by atoms with E-state index in [0.717, 1.165) is 18.4 Å². The van der Waals surface area contributed by atoms with Crippen LogP contribution in [0.4, 0.5) is 8.78 Å². The summed E-state index contributed by atoms with van der Waals surface area (Å²) in [6.07, 6.45) is 1.93. The Balaban J connectivity index is 2.91. The number of ether oxygens (including phenoxy) is 1. The summed E-state index contributed by atoms with van der Waals surface area (Å²) in [5, 5.41) is 0. The average Bonchev–Trinajstić information content (AvgIpc) is 2.35. The Morgan fingerprint density at radius 1 is 1.28 bits per heavy atom. The Morgan fingerprint density at radius 3 is 2.44 bits per heavy atom. The maximum absolute atomic E-state index is 12.2. The van der Waals surface area contributed by atoms with Crippen LogP contribution in [0.25, 0.3) is 0 Å². The highest BCUT2D eigenvalue weighted by atomic mass is 19.3. The van der Waals surface area contributed by atoms with Crippen LogP contribution in [-0.2, 0) is 0 Å². The van der Waals surface area contributed by atoms with Crippen molar-refractivity contribution in [2.75, 3.05) is 0 Å². The van der Waals surface area contributed by atoms with Crippen molar-refractivity contribution in [2.24, 2.45) is 11.8 Å². The predicted molar refractivity (Wildman–Crippen MR) is 67.2 cm³/mol. The van der Waals surface area contributed by atoms with Gasteiger partial charge in [0.2, 0.25) is 0 Å². The first-order valence-electron chi connectivity index (χ1n) is 6.13. The highest BCUT2D eigenvalue weighted by molar-refractivity contribution is 5.31. The van der Waals surface area contributed by atoms with Gasteiger partial charge < -0.3 is 4.74 Å². The van der Waals surface area contributed by atoms with Crippen LogP contribution in [0.15, 0.2) is 24.3 Å². The summed E-state index contributed by atoms with van der Waals surface area (Å²) in [5.74, 6) is 6.09. The second-order valence-corrected chi connectivity index (χ2v) is 4.17. The van der Waals surface area contributed by atoms with Crippen molar-refractivity contribution >= 4 is 0 Å². The molecule has 0 aromatic heterocycles. The number of hydrogen-bond donors (Lipinski definition) is 2. The molecule has 1 unspecified atom stereocenters. The van der Waals surface area contributed by atoms with Crippen LogP contribution in [0.5, 0.6) is 5.75 Å². The van der Waals surface area contributed by atoms with Crippen LogP contribution in [0, 0.1) is 5.92 Å². The Hall–Kier alpha value is -1.20. The van der Waals surface area contributed by atoms with Gasteiger partial charge in [0.05, 0.1) is 0 Å². The minimum Gasteiger partial charge on any atom is -0.435 e. The minimum atomic E-state index is -2.81. The van der Waals surface area contributed by atoms with Crippen molar-refractivity contribution in [3.63, 3.8) is 0 Å². The quantitative estimate of drug-likeness (QED) is 0.583. The van der Waals surface area contributed by atoms with E-state index in [1.54, 1.807) is 12.1 Å². The first-order chi connectivity index (χ1) is 8.62. The number of rotatable bonds is 7. The number of hydrogen-bond acceptors (Lipinski definition) is 3. The molecule has 3 N–H and O–H groups in total. The fourth-order valence-electron chi connectivity index (χ4n) is 2.15. The van der Waals surface area contributed by atoms with Gasteiger partial charge in [0, 0.05) is 6.04 Å². The largest absolute Gasteiger partial charge is 0.435 e. The van der Waals surface area contributed by atoms with E-state index >= 15 is 0 Å². The monoisotopic (exact) mass is 258 g/mol. The lowest BCUT2D eigenvalue weighted by Gasteiger charge is -2.25. The maximum Gasteiger partial charge on any atom is 0.387 e. The van der Waals surface area contributed by atoms with Crippen molar-refractivity contribution < 1.29 is 13.5 Å². The van der Waals surface area contributed by atoms with Gasteiger partial charge in [0.1, 0.15) is 5.75 Å². The lowest BCUT2D eigenvalue weighted by atomic mass is 9.89. The number of benzene rings is 1. The molecule has 3 nitrogen and oxygen atoms in total. The zero-order valence-corrected chi connectivity index (χ0v) is 10.7. The number of alkyl halides is 2. The summed E-state index contributed by atoms with van der Waals surface area (Å²) in [6.45, 7) is 1.36. The third kappa shape index (κ3) is 3.92. The molecular weight excluding hydrogens is 238 g/mol. The fourth-order valence-corrected chi connectivity index (χ4v) is 2.15. The van der Waals surface area contributed by atoms with Crippen LogP contribution in [-0.4, -0.2) is 6.61 Å². The zero-order valence-electron chi connectivity index (χ0n) is 10.7. The molecule has 0 radical (unpaired) electrons. The van der Waals surface area contributed by atoms with Crippen LogP contribution in [0.3, 0.4) is 0 Å². The first kappa shape index (κ1) is 14.9. The number of halogens is 2. The molecule has 0 fully saturated rings. The summed E-state index contributed by atoms with van der Waals surface area (Å²) in [6, 6.07) is 6.62. The molecule has 18 heavy (non-hydrogen) atoms. The third-order valence-corrected chi connectivity index (χ3v) is 3.14. The van der Waals surface area contributed by atoms with Crippen molar-refractivity contribution in [3.8, 4) is 5.75 Å². The zero-order chi connectivity index (χ0) is 13.5. The average molecular weight is 258 g/mol. The van der Waals surface area contributed by atoms with Crippen LogP contribution in [0.2, 0.25) is 0 Å². The second-order valence-electron chi connectivity index (χ2n) is 4.17. The predicted octanol–water partition coefficient (Wildman–Crippen LogP) is 3.23.